The quantitative estimate of drug-likeness (QED) is 0.555. The summed E-state index contributed by atoms with van der Waals surface area (Å²) in [6.07, 6.45) is 2.28. The Morgan fingerprint density at radius 1 is 1.03 bits per heavy atom. The summed E-state index contributed by atoms with van der Waals surface area (Å²) in [4.78, 5) is 29.1. The molecule has 0 aliphatic carbocycles. The van der Waals surface area contributed by atoms with Crippen LogP contribution in [-0.2, 0) is 26.0 Å². The number of hydrogen-bond donors (Lipinski definition) is 2. The molecular formula is C24H32N4O5S. The summed E-state index contributed by atoms with van der Waals surface area (Å²) in [5.74, 6) is 0.738. The first-order valence-corrected chi connectivity index (χ1v) is 12.8. The second-order valence-corrected chi connectivity index (χ2v) is 9.86. The molecule has 9 nitrogen and oxygen atoms in total. The van der Waals surface area contributed by atoms with Crippen LogP contribution in [0.4, 0.5) is 5.69 Å². The fourth-order valence-corrected chi connectivity index (χ4v) is 4.44. The van der Waals surface area contributed by atoms with Gasteiger partial charge in [-0.15, -0.1) is 0 Å². The molecule has 0 radical (unpaired) electrons. The molecule has 3 rings (SSSR count). The van der Waals surface area contributed by atoms with Crippen LogP contribution < -0.4 is 15.2 Å². The van der Waals surface area contributed by atoms with Crippen molar-refractivity contribution in [3.05, 3.63) is 54.1 Å². The molecule has 0 saturated carbocycles. The number of primary sulfonamides is 1. The minimum absolute atomic E-state index is 0.0467. The smallest absolute Gasteiger partial charge is 0.238 e. The lowest BCUT2D eigenvalue weighted by Crippen LogP contribution is -2.36. The number of sulfonamides is 1. The molecule has 1 aliphatic heterocycles. The van der Waals surface area contributed by atoms with Crippen LogP contribution in [0.3, 0.4) is 0 Å². The van der Waals surface area contributed by atoms with Crippen molar-refractivity contribution in [1.29, 1.82) is 0 Å². The monoisotopic (exact) mass is 488 g/mol. The average Bonchev–Trinajstić information content (AvgIpc) is 3.07. The van der Waals surface area contributed by atoms with Crippen molar-refractivity contribution in [1.82, 2.24) is 9.80 Å². The highest BCUT2D eigenvalue weighted by Gasteiger charge is 2.19. The molecule has 184 valence electrons. The highest BCUT2D eigenvalue weighted by atomic mass is 32.2. The van der Waals surface area contributed by atoms with Gasteiger partial charge in [-0.05, 0) is 55.3 Å². The van der Waals surface area contributed by atoms with E-state index in [1.54, 1.807) is 13.2 Å². The van der Waals surface area contributed by atoms with Gasteiger partial charge in [-0.2, -0.15) is 0 Å². The van der Waals surface area contributed by atoms with Gasteiger partial charge in [-0.25, -0.2) is 13.6 Å². The first kappa shape index (κ1) is 25.7. The Hall–Kier alpha value is -2.95. The molecule has 0 atom stereocenters. The Morgan fingerprint density at radius 3 is 2.50 bits per heavy atom. The summed E-state index contributed by atoms with van der Waals surface area (Å²) in [5, 5.41) is 7.86. The van der Waals surface area contributed by atoms with Crippen molar-refractivity contribution in [2.45, 2.75) is 30.6 Å². The van der Waals surface area contributed by atoms with Crippen LogP contribution in [0.1, 0.15) is 24.8 Å². The summed E-state index contributed by atoms with van der Waals surface area (Å²) in [6.45, 7) is 3.44. The maximum Gasteiger partial charge on any atom is 0.238 e. The summed E-state index contributed by atoms with van der Waals surface area (Å²) < 4.78 is 28.1. The van der Waals surface area contributed by atoms with E-state index in [0.29, 0.717) is 44.7 Å². The zero-order chi connectivity index (χ0) is 24.6. The minimum Gasteiger partial charge on any atom is -0.497 e. The Morgan fingerprint density at radius 2 is 1.79 bits per heavy atom. The number of nitrogens with one attached hydrogen (secondary N) is 1. The van der Waals surface area contributed by atoms with Crippen LogP contribution in [0.15, 0.2) is 53.4 Å². The van der Waals surface area contributed by atoms with Crippen LogP contribution >= 0.6 is 0 Å². The highest BCUT2D eigenvalue weighted by Crippen LogP contribution is 2.15. The zero-order valence-electron chi connectivity index (χ0n) is 19.4. The van der Waals surface area contributed by atoms with Gasteiger partial charge in [-0.3, -0.25) is 9.59 Å². The summed E-state index contributed by atoms with van der Waals surface area (Å²) in [7, 11) is -2.20. The third kappa shape index (κ3) is 7.82. The number of rotatable bonds is 9. The van der Waals surface area contributed by atoms with Crippen LogP contribution in [-0.4, -0.2) is 69.9 Å². The van der Waals surface area contributed by atoms with E-state index >= 15 is 0 Å². The van der Waals surface area contributed by atoms with E-state index in [9.17, 15) is 18.0 Å². The van der Waals surface area contributed by atoms with Gasteiger partial charge in [0, 0.05) is 44.7 Å². The summed E-state index contributed by atoms with van der Waals surface area (Å²) in [5.41, 5.74) is 1.49. The predicted octanol–water partition coefficient (Wildman–Crippen LogP) is 1.84. The fourth-order valence-electron chi connectivity index (χ4n) is 3.88. The number of benzene rings is 2. The molecule has 1 saturated heterocycles. The molecule has 0 spiro atoms. The van der Waals surface area contributed by atoms with Crippen LogP contribution in [0, 0.1) is 0 Å². The first-order valence-electron chi connectivity index (χ1n) is 11.3. The van der Waals surface area contributed by atoms with Crippen LogP contribution in [0.25, 0.3) is 0 Å². The van der Waals surface area contributed by atoms with Gasteiger partial charge in [0.15, 0.2) is 0 Å². The number of amides is 2. The third-order valence-electron chi connectivity index (χ3n) is 5.83. The number of carbonyl (C=O) groups is 2. The molecule has 0 bridgehead atoms. The number of ether oxygens (including phenoxy) is 1. The Kier molecular flexibility index (Phi) is 9.03. The Bertz CT molecular complexity index is 1090. The molecular weight excluding hydrogens is 456 g/mol. The standard InChI is InChI=1S/C24H32N4O5S/c1-33-21-9-6-19(7-10-21)8-11-24(30)28-14-3-13-27(16-17-28)15-12-23(29)26-20-4-2-5-22(18-20)34(25,31)32/h2,4-7,9-10,18H,3,8,11-17H2,1H3,(H,26,29)(H2,25,31,32). The number of hydrogen-bond acceptors (Lipinski definition) is 6. The van der Waals surface area contributed by atoms with Crippen molar-refractivity contribution in [3.63, 3.8) is 0 Å². The summed E-state index contributed by atoms with van der Waals surface area (Å²) >= 11 is 0. The number of nitrogens with two attached hydrogens (primary N) is 1. The van der Waals surface area contributed by atoms with Gasteiger partial charge in [-0.1, -0.05) is 18.2 Å². The molecule has 3 N–H and O–H groups in total. The maximum absolute atomic E-state index is 12.7. The van der Waals surface area contributed by atoms with E-state index in [4.69, 9.17) is 9.88 Å². The number of nitrogens with zero attached hydrogens (tertiary/aromatic N) is 2. The van der Waals surface area contributed by atoms with E-state index in [1.165, 1.54) is 18.2 Å². The number of aryl methyl sites for hydroxylation is 1. The Balaban J connectivity index is 1.41. The Labute approximate surface area is 200 Å². The molecule has 2 aromatic rings. The van der Waals surface area contributed by atoms with E-state index in [1.807, 2.05) is 29.2 Å². The molecule has 1 fully saturated rings. The average molecular weight is 489 g/mol. The number of carbonyl (C=O) groups excluding carboxylic acids is 2. The second-order valence-electron chi connectivity index (χ2n) is 8.30. The molecule has 2 aromatic carbocycles. The van der Waals surface area contributed by atoms with Crippen molar-refractivity contribution >= 4 is 27.5 Å². The van der Waals surface area contributed by atoms with E-state index in [0.717, 1.165) is 24.3 Å². The number of anilines is 1. The normalized spacial score (nSPS) is 14.9. The highest BCUT2D eigenvalue weighted by molar-refractivity contribution is 7.89. The molecule has 2 amide bonds. The molecule has 1 aliphatic rings. The predicted molar refractivity (Wildman–Crippen MR) is 130 cm³/mol. The third-order valence-corrected chi connectivity index (χ3v) is 6.74. The molecule has 0 aromatic heterocycles. The van der Waals surface area contributed by atoms with Crippen molar-refractivity contribution in [2.24, 2.45) is 5.14 Å². The molecule has 34 heavy (non-hydrogen) atoms. The van der Waals surface area contributed by atoms with Crippen molar-refractivity contribution in [2.75, 3.05) is 45.2 Å². The van der Waals surface area contributed by atoms with Gasteiger partial charge >= 0.3 is 0 Å². The SMILES string of the molecule is COc1ccc(CCC(=O)N2CCCN(CCC(=O)Nc3cccc(S(N)(=O)=O)c3)CC2)cc1. The van der Waals surface area contributed by atoms with Gasteiger partial charge in [0.1, 0.15) is 5.75 Å². The van der Waals surface area contributed by atoms with Gasteiger partial charge < -0.3 is 19.9 Å². The van der Waals surface area contributed by atoms with Gasteiger partial charge in [0.2, 0.25) is 21.8 Å². The van der Waals surface area contributed by atoms with Crippen molar-refractivity contribution in [3.8, 4) is 5.75 Å². The number of methoxy groups -OCH3 is 1. The zero-order valence-corrected chi connectivity index (χ0v) is 20.2. The lowest BCUT2D eigenvalue weighted by Gasteiger charge is -2.22. The lowest BCUT2D eigenvalue weighted by atomic mass is 10.1. The molecule has 1 heterocycles. The maximum atomic E-state index is 12.7. The second kappa shape index (κ2) is 12.0. The van der Waals surface area contributed by atoms with E-state index in [-0.39, 0.29) is 23.1 Å². The largest absolute Gasteiger partial charge is 0.497 e. The topological polar surface area (TPSA) is 122 Å². The van der Waals surface area contributed by atoms with Gasteiger partial charge in [0.05, 0.1) is 12.0 Å². The molecule has 0 unspecified atom stereocenters. The fraction of sp³-hybridized carbons (Fsp3) is 0.417. The van der Waals surface area contributed by atoms with Crippen LogP contribution in [0.2, 0.25) is 0 Å². The van der Waals surface area contributed by atoms with Crippen molar-refractivity contribution < 1.29 is 22.7 Å². The van der Waals surface area contributed by atoms with E-state index in [2.05, 4.69) is 10.2 Å². The van der Waals surface area contributed by atoms with Gasteiger partial charge in [0.25, 0.3) is 0 Å². The summed E-state index contributed by atoms with van der Waals surface area (Å²) in [6, 6.07) is 13.6. The minimum atomic E-state index is -3.83. The first-order chi connectivity index (χ1) is 16.2. The lowest BCUT2D eigenvalue weighted by molar-refractivity contribution is -0.131. The molecule has 10 heteroatoms. The van der Waals surface area contributed by atoms with E-state index < -0.39 is 10.0 Å². The van der Waals surface area contributed by atoms with Crippen LogP contribution in [0.5, 0.6) is 5.75 Å².